The molecule has 8 heteroatoms. The van der Waals surface area contributed by atoms with E-state index >= 15 is 0 Å². The van der Waals surface area contributed by atoms with Gasteiger partial charge in [0.25, 0.3) is 0 Å². The van der Waals surface area contributed by atoms with Crippen molar-refractivity contribution in [3.63, 3.8) is 0 Å². The topological polar surface area (TPSA) is 72.2 Å². The molecule has 2 fully saturated rings. The Morgan fingerprint density at radius 3 is 2.45 bits per heavy atom. The van der Waals surface area contributed by atoms with Gasteiger partial charge in [0.2, 0.25) is 5.91 Å². The second-order valence-electron chi connectivity index (χ2n) is 8.18. The number of carbonyl (C=O) groups excluding carboxylic acids is 1. The Bertz CT molecular complexity index is 906. The number of nitrogens with one attached hydrogen (secondary N) is 1. The van der Waals surface area contributed by atoms with E-state index in [4.69, 9.17) is 0 Å². The van der Waals surface area contributed by atoms with Crippen LogP contribution < -0.4 is 11.0 Å². The Hall–Kier alpha value is -1.93. The Labute approximate surface area is 179 Å². The van der Waals surface area contributed by atoms with Crippen LogP contribution in [0.4, 0.5) is 5.69 Å². The molecule has 1 aliphatic heterocycles. The lowest BCUT2D eigenvalue weighted by Crippen LogP contribution is -2.39. The van der Waals surface area contributed by atoms with E-state index in [1.807, 2.05) is 28.8 Å². The SMILES string of the molecule is Cn1nc(C2CCN(CC(=O)Nc3ccc(Br)cc3)CC2)n(C2CCCC2)c1=O. The van der Waals surface area contributed by atoms with Crippen LogP contribution in [0.5, 0.6) is 0 Å². The van der Waals surface area contributed by atoms with E-state index < -0.39 is 0 Å². The predicted octanol–water partition coefficient (Wildman–Crippen LogP) is 3.28. The lowest BCUT2D eigenvalue weighted by Gasteiger charge is -2.31. The van der Waals surface area contributed by atoms with Crippen molar-refractivity contribution in [1.82, 2.24) is 19.2 Å². The van der Waals surface area contributed by atoms with Gasteiger partial charge in [0, 0.05) is 29.2 Å². The van der Waals surface area contributed by atoms with Gasteiger partial charge in [-0.15, -0.1) is 0 Å². The molecule has 1 aromatic heterocycles. The second-order valence-corrected chi connectivity index (χ2v) is 9.09. The van der Waals surface area contributed by atoms with Gasteiger partial charge in [-0.05, 0) is 63.0 Å². The van der Waals surface area contributed by atoms with Crippen LogP contribution in [0.3, 0.4) is 0 Å². The number of anilines is 1. The molecule has 4 rings (SSSR count). The molecule has 1 saturated carbocycles. The molecule has 2 aromatic rings. The number of hydrogen-bond donors (Lipinski definition) is 1. The first-order valence-electron chi connectivity index (χ1n) is 10.4. The summed E-state index contributed by atoms with van der Waals surface area (Å²) in [6, 6.07) is 7.91. The van der Waals surface area contributed by atoms with E-state index in [0.29, 0.717) is 12.6 Å². The molecule has 1 aliphatic carbocycles. The number of amides is 1. The number of benzene rings is 1. The number of piperidine rings is 1. The van der Waals surface area contributed by atoms with Crippen molar-refractivity contribution in [3.05, 3.63) is 45.0 Å². The van der Waals surface area contributed by atoms with E-state index in [-0.39, 0.29) is 17.5 Å². The summed E-state index contributed by atoms with van der Waals surface area (Å²) in [5, 5.41) is 7.55. The zero-order valence-corrected chi connectivity index (χ0v) is 18.4. The average molecular weight is 462 g/mol. The van der Waals surface area contributed by atoms with Crippen molar-refractivity contribution in [2.45, 2.75) is 50.5 Å². The Morgan fingerprint density at radius 2 is 1.79 bits per heavy atom. The molecule has 29 heavy (non-hydrogen) atoms. The number of likely N-dealkylation sites (tertiary alicyclic amines) is 1. The first-order chi connectivity index (χ1) is 14.0. The largest absolute Gasteiger partial charge is 0.345 e. The maximum Gasteiger partial charge on any atom is 0.345 e. The molecule has 1 N–H and O–H groups in total. The van der Waals surface area contributed by atoms with Crippen molar-refractivity contribution >= 4 is 27.5 Å². The quantitative estimate of drug-likeness (QED) is 0.741. The molecule has 0 radical (unpaired) electrons. The first kappa shape index (κ1) is 20.3. The third-order valence-corrected chi connectivity index (χ3v) is 6.65. The molecular weight excluding hydrogens is 434 g/mol. The number of carbonyl (C=O) groups is 1. The molecule has 156 valence electrons. The van der Waals surface area contributed by atoms with E-state index in [1.165, 1.54) is 17.5 Å². The highest BCUT2D eigenvalue weighted by Crippen LogP contribution is 2.33. The summed E-state index contributed by atoms with van der Waals surface area (Å²) in [6.07, 6.45) is 6.39. The highest BCUT2D eigenvalue weighted by molar-refractivity contribution is 9.10. The highest BCUT2D eigenvalue weighted by atomic mass is 79.9. The predicted molar refractivity (Wildman–Crippen MR) is 116 cm³/mol. The van der Waals surface area contributed by atoms with Crippen molar-refractivity contribution in [3.8, 4) is 0 Å². The molecule has 1 saturated heterocycles. The summed E-state index contributed by atoms with van der Waals surface area (Å²) in [4.78, 5) is 27.2. The molecule has 0 unspecified atom stereocenters. The van der Waals surface area contributed by atoms with Crippen molar-refractivity contribution in [2.75, 3.05) is 25.0 Å². The standard InChI is InChI=1S/C21H28BrN5O2/c1-25-21(29)27(18-4-2-3-5-18)20(24-25)15-10-12-26(13-11-15)14-19(28)23-17-8-6-16(22)7-9-17/h6-9,15,18H,2-5,10-14H2,1H3,(H,23,28). The lowest BCUT2D eigenvalue weighted by atomic mass is 9.95. The Morgan fingerprint density at radius 1 is 1.14 bits per heavy atom. The van der Waals surface area contributed by atoms with E-state index in [1.54, 1.807) is 7.05 Å². The summed E-state index contributed by atoms with van der Waals surface area (Å²) >= 11 is 3.40. The van der Waals surface area contributed by atoms with E-state index in [2.05, 4.69) is 31.2 Å². The van der Waals surface area contributed by atoms with Gasteiger partial charge in [0.1, 0.15) is 5.82 Å². The number of rotatable bonds is 5. The smallest absolute Gasteiger partial charge is 0.325 e. The number of aryl methyl sites for hydroxylation is 1. The van der Waals surface area contributed by atoms with Crippen LogP contribution in [-0.4, -0.2) is 44.8 Å². The van der Waals surface area contributed by atoms with Crippen LogP contribution in [0.15, 0.2) is 33.5 Å². The Balaban J connectivity index is 1.35. The molecule has 0 spiro atoms. The van der Waals surface area contributed by atoms with E-state index in [0.717, 1.165) is 54.8 Å². The van der Waals surface area contributed by atoms with Crippen molar-refractivity contribution < 1.29 is 4.79 Å². The lowest BCUT2D eigenvalue weighted by molar-refractivity contribution is -0.117. The zero-order chi connectivity index (χ0) is 20.4. The molecule has 2 heterocycles. The van der Waals surface area contributed by atoms with Crippen molar-refractivity contribution in [1.29, 1.82) is 0 Å². The van der Waals surface area contributed by atoms with Gasteiger partial charge in [-0.3, -0.25) is 14.3 Å². The molecule has 7 nitrogen and oxygen atoms in total. The fourth-order valence-corrected chi connectivity index (χ4v) is 4.83. The third-order valence-electron chi connectivity index (χ3n) is 6.12. The van der Waals surface area contributed by atoms with Crippen LogP contribution in [0.25, 0.3) is 0 Å². The van der Waals surface area contributed by atoms with Gasteiger partial charge in [-0.1, -0.05) is 28.8 Å². The summed E-state index contributed by atoms with van der Waals surface area (Å²) in [5.74, 6) is 1.24. The van der Waals surface area contributed by atoms with E-state index in [9.17, 15) is 9.59 Å². The summed E-state index contributed by atoms with van der Waals surface area (Å²) in [7, 11) is 1.75. The second kappa shape index (κ2) is 8.83. The highest BCUT2D eigenvalue weighted by Gasteiger charge is 2.30. The maximum absolute atomic E-state index is 12.6. The molecule has 1 aromatic carbocycles. The minimum atomic E-state index is 0.00599. The van der Waals surface area contributed by atoms with Crippen LogP contribution in [0.2, 0.25) is 0 Å². The summed E-state index contributed by atoms with van der Waals surface area (Å²) in [6.45, 7) is 2.07. The molecular formula is C21H28BrN5O2. The van der Waals surface area contributed by atoms with Gasteiger partial charge in [0.15, 0.2) is 0 Å². The fourth-order valence-electron chi connectivity index (χ4n) is 4.57. The van der Waals surface area contributed by atoms with Gasteiger partial charge in [0.05, 0.1) is 6.54 Å². The Kier molecular flexibility index (Phi) is 6.20. The van der Waals surface area contributed by atoms with Gasteiger partial charge < -0.3 is 5.32 Å². The number of hydrogen-bond acceptors (Lipinski definition) is 4. The number of nitrogens with zero attached hydrogens (tertiary/aromatic N) is 4. The number of halogens is 1. The van der Waals surface area contributed by atoms with Gasteiger partial charge in [-0.2, -0.15) is 5.10 Å². The van der Waals surface area contributed by atoms with Crippen molar-refractivity contribution in [2.24, 2.45) is 7.05 Å². The first-order valence-corrected chi connectivity index (χ1v) is 11.2. The molecule has 2 aliphatic rings. The van der Waals surface area contributed by atoms with Crippen LogP contribution >= 0.6 is 15.9 Å². The maximum atomic E-state index is 12.6. The van der Waals surface area contributed by atoms with Crippen LogP contribution in [-0.2, 0) is 11.8 Å². The van der Waals surface area contributed by atoms with Crippen LogP contribution in [0, 0.1) is 0 Å². The van der Waals surface area contributed by atoms with Gasteiger partial charge in [-0.25, -0.2) is 9.48 Å². The molecule has 0 atom stereocenters. The number of aromatic nitrogens is 3. The monoisotopic (exact) mass is 461 g/mol. The average Bonchev–Trinajstić information content (AvgIpc) is 3.33. The summed E-state index contributed by atoms with van der Waals surface area (Å²) < 4.78 is 4.45. The third kappa shape index (κ3) is 4.64. The van der Waals surface area contributed by atoms with Crippen LogP contribution in [0.1, 0.15) is 56.3 Å². The minimum absolute atomic E-state index is 0.00599. The fraction of sp³-hybridized carbons (Fsp3) is 0.571. The minimum Gasteiger partial charge on any atom is -0.325 e. The molecule has 1 amide bonds. The zero-order valence-electron chi connectivity index (χ0n) is 16.8. The summed E-state index contributed by atoms with van der Waals surface area (Å²) in [5.41, 5.74) is 0.824. The molecule has 0 bridgehead atoms. The van der Waals surface area contributed by atoms with Gasteiger partial charge >= 0.3 is 5.69 Å². The normalized spacial score (nSPS) is 19.0.